The normalized spacial score (nSPS) is 11.6. The lowest BCUT2D eigenvalue weighted by Gasteiger charge is -2.09. The lowest BCUT2D eigenvalue weighted by Crippen LogP contribution is -1.98. The fourth-order valence-electron chi connectivity index (χ4n) is 3.85. The average Bonchev–Trinajstić information content (AvgIpc) is 3.52. The molecule has 0 unspecified atom stereocenters. The Balaban J connectivity index is 1.24. The number of aromatic amines is 1. The van der Waals surface area contributed by atoms with Gasteiger partial charge in [-0.3, -0.25) is 10.1 Å². The van der Waals surface area contributed by atoms with Gasteiger partial charge in [-0.1, -0.05) is 18.2 Å². The van der Waals surface area contributed by atoms with Gasteiger partial charge in [-0.05, 0) is 72.3 Å². The van der Waals surface area contributed by atoms with Crippen molar-refractivity contribution in [3.8, 4) is 11.5 Å². The molecule has 5 rings (SSSR count). The molecule has 0 radical (unpaired) electrons. The van der Waals surface area contributed by atoms with E-state index in [1.165, 1.54) is 10.9 Å². The van der Waals surface area contributed by atoms with Crippen LogP contribution >= 0.6 is 0 Å². The Morgan fingerprint density at radius 1 is 0.943 bits per heavy atom. The highest BCUT2D eigenvalue weighted by Crippen LogP contribution is 2.27. The van der Waals surface area contributed by atoms with Crippen molar-refractivity contribution in [2.24, 2.45) is 7.05 Å². The molecular formula is C29H26N4O2. The number of methoxy groups -OCH3 is 1. The van der Waals surface area contributed by atoms with Gasteiger partial charge in [0.2, 0.25) is 0 Å². The molecule has 2 aromatic carbocycles. The first-order chi connectivity index (χ1) is 17.2. The third-order valence-corrected chi connectivity index (χ3v) is 5.73. The summed E-state index contributed by atoms with van der Waals surface area (Å²) in [4.78, 5) is 4.28. The number of rotatable bonds is 8. The van der Waals surface area contributed by atoms with Crippen LogP contribution in [0.1, 0.15) is 28.2 Å². The zero-order valence-corrected chi connectivity index (χ0v) is 19.7. The van der Waals surface area contributed by atoms with Crippen molar-refractivity contribution < 1.29 is 9.47 Å². The van der Waals surface area contributed by atoms with Gasteiger partial charge in [0.1, 0.15) is 18.1 Å². The summed E-state index contributed by atoms with van der Waals surface area (Å²) in [5.74, 6) is 1.46. The number of benzene rings is 2. The SMILES string of the molecule is COc1cc(OCc2ccccn2)ccc1C=Cc1cc(C=Cc2ccc3c(ccn3C)c2)[nH]n1. The van der Waals surface area contributed by atoms with Crippen molar-refractivity contribution in [3.63, 3.8) is 0 Å². The predicted molar refractivity (Wildman–Crippen MR) is 141 cm³/mol. The van der Waals surface area contributed by atoms with Crippen LogP contribution in [0, 0.1) is 0 Å². The van der Waals surface area contributed by atoms with Gasteiger partial charge in [-0.2, -0.15) is 5.10 Å². The number of pyridine rings is 1. The Kier molecular flexibility index (Phi) is 6.44. The van der Waals surface area contributed by atoms with E-state index in [0.29, 0.717) is 6.61 Å². The molecule has 0 amide bonds. The van der Waals surface area contributed by atoms with E-state index >= 15 is 0 Å². The van der Waals surface area contributed by atoms with Crippen LogP contribution in [0.3, 0.4) is 0 Å². The number of hydrogen-bond acceptors (Lipinski definition) is 4. The maximum atomic E-state index is 5.85. The first-order valence-electron chi connectivity index (χ1n) is 11.4. The molecule has 3 aromatic heterocycles. The molecule has 5 aromatic rings. The minimum absolute atomic E-state index is 0.405. The molecule has 35 heavy (non-hydrogen) atoms. The van der Waals surface area contributed by atoms with Gasteiger partial charge in [0.05, 0.1) is 24.2 Å². The fourth-order valence-corrected chi connectivity index (χ4v) is 3.85. The van der Waals surface area contributed by atoms with Crippen LogP contribution in [0.5, 0.6) is 11.5 Å². The minimum Gasteiger partial charge on any atom is -0.496 e. The van der Waals surface area contributed by atoms with Crippen LogP contribution in [0.4, 0.5) is 0 Å². The average molecular weight is 463 g/mol. The highest BCUT2D eigenvalue weighted by atomic mass is 16.5. The Bertz CT molecular complexity index is 1500. The number of fused-ring (bicyclic) bond motifs is 1. The van der Waals surface area contributed by atoms with E-state index in [4.69, 9.17) is 9.47 Å². The number of nitrogens with zero attached hydrogens (tertiary/aromatic N) is 3. The lowest BCUT2D eigenvalue weighted by atomic mass is 10.1. The van der Waals surface area contributed by atoms with Gasteiger partial charge in [0.15, 0.2) is 0 Å². The van der Waals surface area contributed by atoms with Crippen molar-refractivity contribution in [1.29, 1.82) is 0 Å². The Morgan fingerprint density at radius 3 is 2.74 bits per heavy atom. The maximum Gasteiger partial charge on any atom is 0.130 e. The molecule has 6 heteroatoms. The van der Waals surface area contributed by atoms with Crippen LogP contribution < -0.4 is 9.47 Å². The predicted octanol–water partition coefficient (Wildman–Crippen LogP) is 6.22. The maximum absolute atomic E-state index is 5.85. The van der Waals surface area contributed by atoms with Crippen LogP contribution in [0.25, 0.3) is 35.2 Å². The molecule has 174 valence electrons. The Morgan fingerprint density at radius 2 is 1.89 bits per heavy atom. The summed E-state index contributed by atoms with van der Waals surface area (Å²) in [5.41, 5.74) is 5.95. The van der Waals surface area contributed by atoms with Gasteiger partial charge >= 0.3 is 0 Å². The molecule has 1 N–H and O–H groups in total. The van der Waals surface area contributed by atoms with E-state index in [-0.39, 0.29) is 0 Å². The molecule has 0 spiro atoms. The van der Waals surface area contributed by atoms with Gasteiger partial charge < -0.3 is 14.0 Å². The van der Waals surface area contributed by atoms with Gasteiger partial charge in [-0.15, -0.1) is 0 Å². The molecule has 0 saturated heterocycles. The first-order valence-corrected chi connectivity index (χ1v) is 11.4. The molecule has 0 atom stereocenters. The first kappa shape index (κ1) is 22.2. The summed E-state index contributed by atoms with van der Waals surface area (Å²) >= 11 is 0. The highest BCUT2D eigenvalue weighted by Gasteiger charge is 2.05. The standard InChI is InChI=1S/C29H26N4O2/c1-33-16-14-23-17-21(7-13-28(23)33)6-10-24-18-25(32-31-24)11-8-22-9-12-27(19-29(22)34-2)35-20-26-5-3-4-15-30-26/h3-19H,20H2,1-2H3,(H,31,32). The number of H-pyrrole nitrogens is 1. The minimum atomic E-state index is 0.405. The van der Waals surface area contributed by atoms with Crippen LogP contribution in [-0.2, 0) is 13.7 Å². The quantitative estimate of drug-likeness (QED) is 0.297. The van der Waals surface area contributed by atoms with Crippen LogP contribution in [0.2, 0.25) is 0 Å². The second-order valence-corrected chi connectivity index (χ2v) is 8.17. The molecule has 0 aliphatic rings. The van der Waals surface area contributed by atoms with E-state index in [1.807, 2.05) is 60.7 Å². The molecule has 0 aliphatic carbocycles. The lowest BCUT2D eigenvalue weighted by molar-refractivity contribution is 0.299. The third kappa shape index (κ3) is 5.33. The van der Waals surface area contributed by atoms with E-state index < -0.39 is 0 Å². The molecule has 6 nitrogen and oxygen atoms in total. The van der Waals surface area contributed by atoms with Crippen LogP contribution in [-0.4, -0.2) is 26.9 Å². The summed E-state index contributed by atoms with van der Waals surface area (Å²) in [6.07, 6.45) is 11.9. The van der Waals surface area contributed by atoms with Gasteiger partial charge in [-0.25, -0.2) is 0 Å². The van der Waals surface area contributed by atoms with Gasteiger partial charge in [0, 0.05) is 42.0 Å². The summed E-state index contributed by atoms with van der Waals surface area (Å²) < 4.78 is 13.5. The van der Waals surface area contributed by atoms with Crippen molar-refractivity contribution in [1.82, 2.24) is 19.7 Å². The number of hydrogen-bond donors (Lipinski definition) is 1. The van der Waals surface area contributed by atoms with E-state index in [2.05, 4.69) is 63.3 Å². The van der Waals surface area contributed by atoms with E-state index in [0.717, 1.165) is 39.7 Å². The number of aromatic nitrogens is 4. The van der Waals surface area contributed by atoms with E-state index in [1.54, 1.807) is 13.3 Å². The molecule has 0 fully saturated rings. The Hall–Kier alpha value is -4.58. The van der Waals surface area contributed by atoms with E-state index in [9.17, 15) is 0 Å². The molecule has 0 aliphatic heterocycles. The summed E-state index contributed by atoms with van der Waals surface area (Å²) in [6.45, 7) is 0.405. The van der Waals surface area contributed by atoms with Crippen molar-refractivity contribution >= 4 is 35.2 Å². The second kappa shape index (κ2) is 10.1. The Labute approximate surface area is 204 Å². The smallest absolute Gasteiger partial charge is 0.130 e. The fraction of sp³-hybridized carbons (Fsp3) is 0.103. The second-order valence-electron chi connectivity index (χ2n) is 8.17. The van der Waals surface area contributed by atoms with Crippen LogP contribution in [0.15, 0.2) is 79.1 Å². The largest absolute Gasteiger partial charge is 0.496 e. The summed E-state index contributed by atoms with van der Waals surface area (Å²) in [5, 5.41) is 8.70. The third-order valence-electron chi connectivity index (χ3n) is 5.73. The van der Waals surface area contributed by atoms with Crippen molar-refractivity contribution in [2.75, 3.05) is 7.11 Å². The monoisotopic (exact) mass is 462 g/mol. The summed E-state index contributed by atoms with van der Waals surface area (Å²) in [6, 6.07) is 22.1. The number of ether oxygens (including phenoxy) is 2. The van der Waals surface area contributed by atoms with Crippen molar-refractivity contribution in [2.45, 2.75) is 6.61 Å². The van der Waals surface area contributed by atoms with Gasteiger partial charge in [0.25, 0.3) is 0 Å². The highest BCUT2D eigenvalue weighted by molar-refractivity contribution is 5.84. The number of aryl methyl sites for hydroxylation is 1. The molecular weight excluding hydrogens is 436 g/mol. The molecule has 3 heterocycles. The zero-order chi connectivity index (χ0) is 24.0. The number of nitrogens with one attached hydrogen (secondary N) is 1. The molecule has 0 bridgehead atoms. The summed E-state index contributed by atoms with van der Waals surface area (Å²) in [7, 11) is 3.71. The zero-order valence-electron chi connectivity index (χ0n) is 19.7. The van der Waals surface area contributed by atoms with Crippen molar-refractivity contribution in [3.05, 3.63) is 107 Å². The molecule has 0 saturated carbocycles. The topological polar surface area (TPSA) is 65.0 Å².